The molecule has 226 valence electrons. The lowest BCUT2D eigenvalue weighted by Crippen LogP contribution is -2.31. The summed E-state index contributed by atoms with van der Waals surface area (Å²) >= 11 is 0. The van der Waals surface area contributed by atoms with E-state index < -0.39 is 0 Å². The van der Waals surface area contributed by atoms with Gasteiger partial charge in [-0.3, -0.25) is 0 Å². The lowest BCUT2D eigenvalue weighted by atomic mass is 9.82. The molecule has 2 nitrogen and oxygen atoms in total. The van der Waals surface area contributed by atoms with E-state index >= 15 is 0 Å². The highest BCUT2D eigenvalue weighted by molar-refractivity contribution is 6.18. The second kappa shape index (κ2) is 9.82. The first kappa shape index (κ1) is 26.2. The Balaban J connectivity index is 1.32. The fraction of sp³-hybridized carbons (Fsp3) is 0.0870. The lowest BCUT2D eigenvalue weighted by molar-refractivity contribution is 0.271. The van der Waals surface area contributed by atoms with Gasteiger partial charge in [-0.15, -0.1) is 0 Å². The Kier molecular flexibility index (Phi) is 5.37. The van der Waals surface area contributed by atoms with Crippen LogP contribution in [0, 0.1) is 0 Å². The van der Waals surface area contributed by atoms with E-state index in [1.165, 1.54) is 65.2 Å². The average molecular weight is 615 g/mol. The van der Waals surface area contributed by atoms with Crippen LogP contribution >= 0.6 is 0 Å². The summed E-state index contributed by atoms with van der Waals surface area (Å²) in [6.45, 7) is 0. The van der Waals surface area contributed by atoms with Crippen LogP contribution < -0.4 is 15.2 Å². The van der Waals surface area contributed by atoms with Crippen LogP contribution in [-0.4, -0.2) is 6.10 Å². The van der Waals surface area contributed by atoms with Gasteiger partial charge in [-0.05, 0) is 103 Å². The van der Waals surface area contributed by atoms with Crippen LogP contribution in [0.4, 0.5) is 0 Å². The molecule has 0 saturated heterocycles. The minimum atomic E-state index is -0.00545. The van der Waals surface area contributed by atoms with Gasteiger partial charge in [0, 0.05) is 27.6 Å². The van der Waals surface area contributed by atoms with Gasteiger partial charge in [-0.1, -0.05) is 115 Å². The molecule has 1 aromatic heterocycles. The monoisotopic (exact) mass is 614 g/mol. The average Bonchev–Trinajstić information content (AvgIpc) is 3.71. The fourth-order valence-electron chi connectivity index (χ4n) is 8.72. The number of hydrogen-bond donors (Lipinski definition) is 0. The zero-order valence-corrected chi connectivity index (χ0v) is 26.2. The molecule has 2 aliphatic carbocycles. The van der Waals surface area contributed by atoms with Gasteiger partial charge in [0.05, 0.1) is 0 Å². The summed E-state index contributed by atoms with van der Waals surface area (Å²) in [5.41, 5.74) is 8.23. The van der Waals surface area contributed by atoms with Crippen LogP contribution in [0.25, 0.3) is 88.7 Å². The van der Waals surface area contributed by atoms with Crippen molar-refractivity contribution in [3.63, 3.8) is 0 Å². The number of ether oxygens (including phenoxy) is 1. The largest absolute Gasteiger partial charge is 0.484 e. The summed E-state index contributed by atoms with van der Waals surface area (Å²) in [5.74, 6) is 1.15. The number of para-hydroxylation sites is 1. The number of allylic oxidation sites excluding steroid dienone is 2. The molecule has 8 aromatic rings. The Morgan fingerprint density at radius 2 is 1.19 bits per heavy atom. The van der Waals surface area contributed by atoms with E-state index in [0.717, 1.165) is 45.9 Å². The summed E-state index contributed by atoms with van der Waals surface area (Å²) in [6, 6.07) is 40.0. The highest BCUT2D eigenvalue weighted by atomic mass is 16.5. The van der Waals surface area contributed by atoms with Crippen molar-refractivity contribution in [1.29, 1.82) is 0 Å². The van der Waals surface area contributed by atoms with E-state index in [-0.39, 0.29) is 12.0 Å². The Morgan fingerprint density at radius 1 is 0.500 bits per heavy atom. The number of benzene rings is 7. The smallest absolute Gasteiger partial charge is 0.136 e. The van der Waals surface area contributed by atoms with Gasteiger partial charge in [0.15, 0.2) is 0 Å². The second-order valence-corrected chi connectivity index (χ2v) is 13.3. The first-order chi connectivity index (χ1) is 23.8. The molecule has 2 atom stereocenters. The molecule has 0 spiro atoms. The van der Waals surface area contributed by atoms with Crippen molar-refractivity contribution >= 4 is 66.4 Å². The third-order valence-corrected chi connectivity index (χ3v) is 10.8. The zero-order valence-electron chi connectivity index (χ0n) is 26.2. The summed E-state index contributed by atoms with van der Waals surface area (Å²) in [5, 5.41) is 12.4. The molecule has 1 aliphatic heterocycles. The highest BCUT2D eigenvalue weighted by Crippen LogP contribution is 2.50. The quantitative estimate of drug-likeness (QED) is 0.193. The van der Waals surface area contributed by atoms with Crippen molar-refractivity contribution in [1.82, 2.24) is 0 Å². The van der Waals surface area contributed by atoms with Crippen LogP contribution in [-0.2, 0) is 0 Å². The maximum absolute atomic E-state index is 6.76. The number of fused-ring (bicyclic) bond motifs is 11. The predicted molar refractivity (Wildman–Crippen MR) is 200 cm³/mol. The number of rotatable bonds is 2. The van der Waals surface area contributed by atoms with E-state index in [1.807, 2.05) is 6.07 Å². The van der Waals surface area contributed by atoms with Crippen LogP contribution in [0.2, 0.25) is 0 Å². The predicted octanol–water partition coefficient (Wildman–Crippen LogP) is 10.7. The first-order valence-electron chi connectivity index (χ1n) is 17.0. The van der Waals surface area contributed by atoms with Crippen LogP contribution in [0.15, 0.2) is 138 Å². The molecule has 2 heteroatoms. The Labute approximate surface area is 277 Å². The molecule has 7 aromatic carbocycles. The molecule has 0 fully saturated rings. The van der Waals surface area contributed by atoms with Gasteiger partial charge in [-0.25, -0.2) is 0 Å². The summed E-state index contributed by atoms with van der Waals surface area (Å²) in [4.78, 5) is 0. The topological polar surface area (TPSA) is 22.4 Å². The van der Waals surface area contributed by atoms with Crippen molar-refractivity contribution in [3.8, 4) is 28.0 Å². The van der Waals surface area contributed by atoms with E-state index in [4.69, 9.17) is 9.15 Å². The summed E-state index contributed by atoms with van der Waals surface area (Å²) in [7, 11) is 0. The molecule has 2 unspecified atom stereocenters. The normalized spacial score (nSPS) is 17.8. The third kappa shape index (κ3) is 3.58. The van der Waals surface area contributed by atoms with Crippen molar-refractivity contribution in [3.05, 3.63) is 149 Å². The van der Waals surface area contributed by atoms with Gasteiger partial charge in [0.2, 0.25) is 0 Å². The molecule has 3 aliphatic rings. The van der Waals surface area contributed by atoms with Gasteiger partial charge in [0.1, 0.15) is 23.0 Å². The number of hydrogen-bond acceptors (Lipinski definition) is 2. The molecule has 11 rings (SSSR count). The van der Waals surface area contributed by atoms with E-state index in [0.29, 0.717) is 0 Å². The summed E-state index contributed by atoms with van der Waals surface area (Å²) in [6.07, 6.45) is 15.8. The van der Waals surface area contributed by atoms with Gasteiger partial charge < -0.3 is 9.15 Å². The van der Waals surface area contributed by atoms with Crippen LogP contribution in [0.3, 0.4) is 0 Å². The van der Waals surface area contributed by atoms with Crippen LogP contribution in [0.5, 0.6) is 5.75 Å². The van der Waals surface area contributed by atoms with Crippen molar-refractivity contribution in [2.24, 2.45) is 0 Å². The minimum absolute atomic E-state index is 0.00545. The SMILES string of the molecule is C1=CC2Oc3c(cc(-c4c5c(c(-c6cccc7ccccc67)c6ccccc46)=CCCC=5)c4cc5c(cc34)oc3ccccc35)C2C=C1. The van der Waals surface area contributed by atoms with E-state index in [1.54, 1.807) is 0 Å². The zero-order chi connectivity index (χ0) is 31.3. The molecule has 0 radical (unpaired) electrons. The van der Waals surface area contributed by atoms with Gasteiger partial charge in [-0.2, -0.15) is 0 Å². The molecular formula is C46H30O2. The third-order valence-electron chi connectivity index (χ3n) is 10.8. The highest BCUT2D eigenvalue weighted by Gasteiger charge is 2.35. The molecular weight excluding hydrogens is 585 g/mol. The standard InChI is InChI=1S/C46H30O2/c1-2-14-28-27(12-1)13-11-21-31(28)44-32-17-3-5-19-34(32)45(35-20-6-4-18-33(35)44)38-25-39-30-16-8-10-23-42(30)48-46(39)40-26-43-37(24-36(38)40)29-15-7-9-22-41(29)47-43/h1-3,5,7-26,30,42H,4,6H2. The summed E-state index contributed by atoms with van der Waals surface area (Å²) < 4.78 is 13.2. The molecule has 0 N–H and O–H groups in total. The second-order valence-electron chi connectivity index (χ2n) is 13.3. The Morgan fingerprint density at radius 3 is 2.02 bits per heavy atom. The van der Waals surface area contributed by atoms with E-state index in [2.05, 4.69) is 140 Å². The molecule has 0 bridgehead atoms. The maximum Gasteiger partial charge on any atom is 0.136 e. The van der Waals surface area contributed by atoms with Crippen LogP contribution in [0.1, 0.15) is 24.3 Å². The van der Waals surface area contributed by atoms with Gasteiger partial charge in [0.25, 0.3) is 0 Å². The number of furan rings is 1. The van der Waals surface area contributed by atoms with Gasteiger partial charge >= 0.3 is 0 Å². The minimum Gasteiger partial charge on any atom is -0.484 e. The van der Waals surface area contributed by atoms with Crippen molar-refractivity contribution < 1.29 is 9.15 Å². The molecule has 0 amide bonds. The molecule has 0 saturated carbocycles. The van der Waals surface area contributed by atoms with E-state index in [9.17, 15) is 0 Å². The first-order valence-corrected chi connectivity index (χ1v) is 17.0. The molecule has 2 heterocycles. The van der Waals surface area contributed by atoms with Crippen molar-refractivity contribution in [2.45, 2.75) is 24.9 Å². The lowest BCUT2D eigenvalue weighted by Gasteiger charge is -2.20. The fourth-order valence-corrected chi connectivity index (χ4v) is 8.72. The molecule has 48 heavy (non-hydrogen) atoms. The van der Waals surface area contributed by atoms with Crippen molar-refractivity contribution in [2.75, 3.05) is 0 Å². The Hall–Kier alpha value is -5.86. The maximum atomic E-state index is 6.76. The Bertz CT molecular complexity index is 2880.